The van der Waals surface area contributed by atoms with E-state index in [-0.39, 0.29) is 0 Å². The maximum atomic E-state index is 9.56. The quantitative estimate of drug-likeness (QED) is 0.672. The van der Waals surface area contributed by atoms with Crippen molar-refractivity contribution in [2.24, 2.45) is 0 Å². The van der Waals surface area contributed by atoms with Gasteiger partial charge in [0.05, 0.1) is 6.10 Å². The Labute approximate surface area is 78.8 Å². The van der Waals surface area contributed by atoms with Gasteiger partial charge in [-0.2, -0.15) is 12.6 Å². The second-order valence-electron chi connectivity index (χ2n) is 3.06. The first-order valence-electron chi connectivity index (χ1n) is 4.01. The molecule has 0 radical (unpaired) electrons. The van der Waals surface area contributed by atoms with Crippen LogP contribution in [0.1, 0.15) is 22.8 Å². The lowest BCUT2D eigenvalue weighted by molar-refractivity contribution is 0.203. The van der Waals surface area contributed by atoms with Crippen LogP contribution in [-0.4, -0.2) is 10.9 Å². The van der Waals surface area contributed by atoms with E-state index < -0.39 is 6.10 Å². The molecule has 1 atom stereocenters. The minimum absolute atomic E-state index is 0.437. The van der Waals surface area contributed by atoms with Crippen molar-refractivity contribution in [1.82, 2.24) is 0 Å². The van der Waals surface area contributed by atoms with E-state index in [9.17, 15) is 5.11 Å². The van der Waals surface area contributed by atoms with Gasteiger partial charge >= 0.3 is 0 Å². The third-order valence-electron chi connectivity index (χ3n) is 1.97. The fourth-order valence-electron chi connectivity index (χ4n) is 1.22. The number of aliphatic hydroxyl groups is 1. The van der Waals surface area contributed by atoms with Crippen LogP contribution in [-0.2, 0) is 0 Å². The molecule has 0 aliphatic heterocycles. The fraction of sp³-hybridized carbons (Fsp3) is 0.400. The van der Waals surface area contributed by atoms with E-state index in [2.05, 4.69) is 12.6 Å². The van der Waals surface area contributed by atoms with Gasteiger partial charge in [-0.1, -0.05) is 23.8 Å². The lowest BCUT2D eigenvalue weighted by atomic mass is 10.0. The molecule has 1 rings (SSSR count). The molecule has 0 spiro atoms. The van der Waals surface area contributed by atoms with Crippen molar-refractivity contribution in [2.75, 3.05) is 5.75 Å². The molecule has 0 fully saturated rings. The smallest absolute Gasteiger partial charge is 0.0880 e. The highest BCUT2D eigenvalue weighted by atomic mass is 32.1. The summed E-state index contributed by atoms with van der Waals surface area (Å²) in [5.41, 5.74) is 3.29. The zero-order chi connectivity index (χ0) is 9.14. The van der Waals surface area contributed by atoms with Gasteiger partial charge in [0.2, 0.25) is 0 Å². The van der Waals surface area contributed by atoms with Crippen molar-refractivity contribution >= 4 is 12.6 Å². The fourth-order valence-corrected chi connectivity index (χ4v) is 1.41. The molecule has 0 aliphatic carbocycles. The molecule has 1 aromatic carbocycles. The van der Waals surface area contributed by atoms with Crippen LogP contribution >= 0.6 is 12.6 Å². The largest absolute Gasteiger partial charge is 0.388 e. The van der Waals surface area contributed by atoms with Crippen molar-refractivity contribution in [2.45, 2.75) is 20.0 Å². The lowest BCUT2D eigenvalue weighted by Crippen LogP contribution is -2.01. The summed E-state index contributed by atoms with van der Waals surface area (Å²) >= 11 is 4.06. The number of rotatable bonds is 2. The first-order chi connectivity index (χ1) is 5.65. The highest BCUT2D eigenvalue weighted by Gasteiger charge is 2.07. The molecule has 1 nitrogen and oxygen atoms in total. The standard InChI is InChI=1S/C10H14OS/c1-7-3-4-8(2)9(5-7)10(11)6-12/h3-5,10-12H,6H2,1-2H3. The maximum absolute atomic E-state index is 9.56. The van der Waals surface area contributed by atoms with Crippen LogP contribution in [0.2, 0.25) is 0 Å². The molecule has 0 heterocycles. The normalized spacial score (nSPS) is 13.0. The number of aliphatic hydroxyl groups excluding tert-OH is 1. The van der Waals surface area contributed by atoms with E-state index in [1.807, 2.05) is 32.0 Å². The average molecular weight is 182 g/mol. The molecular weight excluding hydrogens is 168 g/mol. The third-order valence-corrected chi connectivity index (χ3v) is 2.31. The molecule has 2 heteroatoms. The number of benzene rings is 1. The van der Waals surface area contributed by atoms with Gasteiger partial charge in [0, 0.05) is 5.75 Å². The van der Waals surface area contributed by atoms with Crippen LogP contribution in [0.4, 0.5) is 0 Å². The Bertz CT molecular complexity index is 271. The molecule has 66 valence electrons. The number of thiol groups is 1. The molecule has 0 aliphatic rings. The Morgan fingerprint density at radius 2 is 2.08 bits per heavy atom. The van der Waals surface area contributed by atoms with Gasteiger partial charge in [-0.05, 0) is 25.0 Å². The van der Waals surface area contributed by atoms with Crippen molar-refractivity contribution in [3.05, 3.63) is 34.9 Å². The van der Waals surface area contributed by atoms with Crippen molar-refractivity contribution in [1.29, 1.82) is 0 Å². The summed E-state index contributed by atoms with van der Waals surface area (Å²) in [6.45, 7) is 4.02. The van der Waals surface area contributed by atoms with Gasteiger partial charge in [-0.25, -0.2) is 0 Å². The Morgan fingerprint density at radius 1 is 1.42 bits per heavy atom. The summed E-state index contributed by atoms with van der Waals surface area (Å²) < 4.78 is 0. The molecule has 1 aromatic rings. The van der Waals surface area contributed by atoms with E-state index in [4.69, 9.17) is 0 Å². The van der Waals surface area contributed by atoms with E-state index in [0.29, 0.717) is 5.75 Å². The van der Waals surface area contributed by atoms with Crippen LogP contribution < -0.4 is 0 Å². The minimum atomic E-state index is -0.437. The summed E-state index contributed by atoms with van der Waals surface area (Å²) in [5.74, 6) is 0.476. The second kappa shape index (κ2) is 3.97. The summed E-state index contributed by atoms with van der Waals surface area (Å²) in [6.07, 6.45) is -0.437. The molecule has 1 N–H and O–H groups in total. The van der Waals surface area contributed by atoms with Gasteiger partial charge in [0.15, 0.2) is 0 Å². The summed E-state index contributed by atoms with van der Waals surface area (Å²) in [7, 11) is 0. The molecular formula is C10H14OS. The molecule has 12 heavy (non-hydrogen) atoms. The Morgan fingerprint density at radius 3 is 2.67 bits per heavy atom. The number of aryl methyl sites for hydroxylation is 2. The SMILES string of the molecule is Cc1ccc(C)c(C(O)CS)c1. The van der Waals surface area contributed by atoms with Crippen molar-refractivity contribution < 1.29 is 5.11 Å². The van der Waals surface area contributed by atoms with Crippen LogP contribution in [0.15, 0.2) is 18.2 Å². The van der Waals surface area contributed by atoms with Crippen LogP contribution in [0.3, 0.4) is 0 Å². The molecule has 0 saturated carbocycles. The Balaban J connectivity index is 3.04. The summed E-state index contributed by atoms with van der Waals surface area (Å²) in [6, 6.07) is 6.08. The molecule has 0 bridgehead atoms. The van der Waals surface area contributed by atoms with E-state index in [1.54, 1.807) is 0 Å². The zero-order valence-electron chi connectivity index (χ0n) is 7.41. The van der Waals surface area contributed by atoms with Gasteiger partial charge in [0.25, 0.3) is 0 Å². The predicted octanol–water partition coefficient (Wildman–Crippen LogP) is 2.27. The third kappa shape index (κ3) is 2.02. The van der Waals surface area contributed by atoms with E-state index in [0.717, 1.165) is 11.1 Å². The van der Waals surface area contributed by atoms with Crippen molar-refractivity contribution in [3.8, 4) is 0 Å². The van der Waals surface area contributed by atoms with Crippen molar-refractivity contribution in [3.63, 3.8) is 0 Å². The zero-order valence-corrected chi connectivity index (χ0v) is 8.31. The van der Waals surface area contributed by atoms with E-state index in [1.165, 1.54) is 5.56 Å². The summed E-state index contributed by atoms with van der Waals surface area (Å²) in [4.78, 5) is 0. The topological polar surface area (TPSA) is 20.2 Å². The molecule has 1 unspecified atom stereocenters. The number of hydrogen-bond acceptors (Lipinski definition) is 2. The maximum Gasteiger partial charge on any atom is 0.0880 e. The Hall–Kier alpha value is -0.470. The minimum Gasteiger partial charge on any atom is -0.388 e. The van der Waals surface area contributed by atoms with Gasteiger partial charge in [-0.3, -0.25) is 0 Å². The van der Waals surface area contributed by atoms with Gasteiger partial charge in [-0.15, -0.1) is 0 Å². The molecule has 0 amide bonds. The number of hydrogen-bond donors (Lipinski definition) is 2. The monoisotopic (exact) mass is 182 g/mol. The predicted molar refractivity (Wildman–Crippen MR) is 54.7 cm³/mol. The van der Waals surface area contributed by atoms with Crippen LogP contribution in [0, 0.1) is 13.8 Å². The summed E-state index contributed by atoms with van der Waals surface area (Å²) in [5, 5.41) is 9.56. The Kier molecular flexibility index (Phi) is 3.18. The highest BCUT2D eigenvalue weighted by molar-refractivity contribution is 7.80. The van der Waals surface area contributed by atoms with Gasteiger partial charge < -0.3 is 5.11 Å². The highest BCUT2D eigenvalue weighted by Crippen LogP contribution is 2.19. The lowest BCUT2D eigenvalue weighted by Gasteiger charge is -2.11. The first-order valence-corrected chi connectivity index (χ1v) is 4.64. The molecule has 0 aromatic heterocycles. The van der Waals surface area contributed by atoms with Crippen LogP contribution in [0.5, 0.6) is 0 Å². The second-order valence-corrected chi connectivity index (χ2v) is 3.42. The molecule has 0 saturated heterocycles. The average Bonchev–Trinajstić information content (AvgIpc) is 2.08. The first kappa shape index (κ1) is 9.62. The van der Waals surface area contributed by atoms with Crippen LogP contribution in [0.25, 0.3) is 0 Å². The van der Waals surface area contributed by atoms with Gasteiger partial charge in [0.1, 0.15) is 0 Å². The van der Waals surface area contributed by atoms with E-state index >= 15 is 0 Å².